The maximum absolute atomic E-state index is 12.6. The molecule has 1 heterocycles. The zero-order valence-electron chi connectivity index (χ0n) is 10.5. The Morgan fingerprint density at radius 3 is 2.94 bits per heavy atom. The summed E-state index contributed by atoms with van der Waals surface area (Å²) in [7, 11) is 0. The van der Waals surface area contributed by atoms with Crippen LogP contribution in [0.2, 0.25) is 0 Å². The first-order valence-electron chi connectivity index (χ1n) is 7.11. The van der Waals surface area contributed by atoms with Crippen LogP contribution in [0.25, 0.3) is 0 Å². The molecule has 2 bridgehead atoms. The van der Waals surface area contributed by atoms with Crippen LogP contribution in [-0.2, 0) is 6.42 Å². The van der Waals surface area contributed by atoms with Crippen LogP contribution in [0.5, 0.6) is 5.75 Å². The summed E-state index contributed by atoms with van der Waals surface area (Å²) in [5, 5.41) is 0. The highest BCUT2D eigenvalue weighted by Crippen LogP contribution is 2.49. The molecule has 2 heteroatoms. The fourth-order valence-electron chi connectivity index (χ4n) is 4.12. The molecule has 2 nitrogen and oxygen atoms in total. The van der Waals surface area contributed by atoms with E-state index in [1.54, 1.807) is 0 Å². The minimum absolute atomic E-state index is 0.309. The molecule has 4 rings (SSSR count). The number of ketones is 1. The van der Waals surface area contributed by atoms with Crippen LogP contribution >= 0.6 is 0 Å². The highest BCUT2D eigenvalue weighted by molar-refractivity contribution is 5.98. The van der Waals surface area contributed by atoms with Crippen LogP contribution in [0.3, 0.4) is 0 Å². The number of rotatable bonds is 2. The number of hydrogen-bond acceptors (Lipinski definition) is 2. The first-order chi connectivity index (χ1) is 8.81. The highest BCUT2D eigenvalue weighted by Gasteiger charge is 2.43. The third-order valence-corrected chi connectivity index (χ3v) is 5.05. The van der Waals surface area contributed by atoms with Gasteiger partial charge in [-0.15, -0.1) is 0 Å². The average molecular weight is 242 g/mol. The third kappa shape index (κ3) is 1.51. The van der Waals surface area contributed by atoms with E-state index in [2.05, 4.69) is 6.07 Å². The second-order valence-corrected chi connectivity index (χ2v) is 6.07. The van der Waals surface area contributed by atoms with Crippen molar-refractivity contribution in [2.24, 2.45) is 17.8 Å². The van der Waals surface area contributed by atoms with Gasteiger partial charge in [0, 0.05) is 17.9 Å². The summed E-state index contributed by atoms with van der Waals surface area (Å²) in [5.41, 5.74) is 2.13. The molecule has 0 radical (unpaired) electrons. The Morgan fingerprint density at radius 2 is 2.17 bits per heavy atom. The van der Waals surface area contributed by atoms with Crippen LogP contribution in [0.15, 0.2) is 18.2 Å². The number of carbonyl (C=O) groups excluding carboxylic acids is 1. The van der Waals surface area contributed by atoms with Crippen molar-refractivity contribution < 1.29 is 9.53 Å². The van der Waals surface area contributed by atoms with Gasteiger partial charge in [-0.25, -0.2) is 0 Å². The van der Waals surface area contributed by atoms with Gasteiger partial charge >= 0.3 is 0 Å². The predicted octanol–water partition coefficient (Wildman–Crippen LogP) is 3.24. The van der Waals surface area contributed by atoms with Gasteiger partial charge in [-0.05, 0) is 54.9 Å². The molecule has 3 atom stereocenters. The smallest absolute Gasteiger partial charge is 0.166 e. The molecule has 0 aromatic heterocycles. The topological polar surface area (TPSA) is 26.3 Å². The SMILES string of the molecule is O=C(c1ccc2c(c1)CCO2)C1CC2CCC1C2. The largest absolute Gasteiger partial charge is 0.493 e. The van der Waals surface area contributed by atoms with Gasteiger partial charge in [0.25, 0.3) is 0 Å². The van der Waals surface area contributed by atoms with Gasteiger partial charge < -0.3 is 4.74 Å². The van der Waals surface area contributed by atoms with E-state index in [-0.39, 0.29) is 0 Å². The normalized spacial score (nSPS) is 32.3. The van der Waals surface area contributed by atoms with Gasteiger partial charge in [0.05, 0.1) is 6.61 Å². The molecule has 2 fully saturated rings. The molecular weight excluding hydrogens is 224 g/mol. The lowest BCUT2D eigenvalue weighted by molar-refractivity contribution is 0.0874. The van der Waals surface area contributed by atoms with E-state index in [0.717, 1.165) is 36.7 Å². The van der Waals surface area contributed by atoms with Gasteiger partial charge in [-0.3, -0.25) is 4.79 Å². The van der Waals surface area contributed by atoms with Crippen LogP contribution in [0, 0.1) is 17.8 Å². The number of carbonyl (C=O) groups is 1. The molecule has 3 unspecified atom stereocenters. The minimum atomic E-state index is 0.309. The van der Waals surface area contributed by atoms with Gasteiger partial charge in [0.2, 0.25) is 0 Å². The van der Waals surface area contributed by atoms with Crippen molar-refractivity contribution in [1.82, 2.24) is 0 Å². The minimum Gasteiger partial charge on any atom is -0.493 e. The number of fused-ring (bicyclic) bond motifs is 3. The quantitative estimate of drug-likeness (QED) is 0.744. The lowest BCUT2D eigenvalue weighted by atomic mass is 9.83. The Hall–Kier alpha value is -1.31. The molecule has 94 valence electrons. The van der Waals surface area contributed by atoms with Gasteiger partial charge in [-0.2, -0.15) is 0 Å². The van der Waals surface area contributed by atoms with Crippen LogP contribution in [0.4, 0.5) is 0 Å². The van der Waals surface area contributed by atoms with Crippen molar-refractivity contribution >= 4 is 5.78 Å². The fourth-order valence-corrected chi connectivity index (χ4v) is 4.12. The van der Waals surface area contributed by atoms with E-state index in [9.17, 15) is 4.79 Å². The van der Waals surface area contributed by atoms with Crippen molar-refractivity contribution in [2.75, 3.05) is 6.61 Å². The Kier molecular flexibility index (Phi) is 2.26. The molecule has 18 heavy (non-hydrogen) atoms. The van der Waals surface area contributed by atoms with Crippen molar-refractivity contribution in [3.05, 3.63) is 29.3 Å². The van der Waals surface area contributed by atoms with Crippen LogP contribution < -0.4 is 4.74 Å². The number of benzene rings is 1. The first kappa shape index (κ1) is 10.6. The molecular formula is C16H18O2. The summed E-state index contributed by atoms with van der Waals surface area (Å²) in [6, 6.07) is 6.00. The number of ether oxygens (including phenoxy) is 1. The van der Waals surface area contributed by atoms with E-state index >= 15 is 0 Å². The lowest BCUT2D eigenvalue weighted by Crippen LogP contribution is -2.21. The Balaban J connectivity index is 1.61. The summed E-state index contributed by atoms with van der Waals surface area (Å²) in [6.45, 7) is 0.765. The molecule has 0 N–H and O–H groups in total. The maximum atomic E-state index is 12.6. The van der Waals surface area contributed by atoms with Crippen LogP contribution in [0.1, 0.15) is 41.6 Å². The Labute approximate surface area is 107 Å². The number of hydrogen-bond donors (Lipinski definition) is 0. The van der Waals surface area contributed by atoms with Crippen molar-refractivity contribution in [3.8, 4) is 5.75 Å². The lowest BCUT2D eigenvalue weighted by Gasteiger charge is -2.20. The van der Waals surface area contributed by atoms with E-state index in [0.29, 0.717) is 17.6 Å². The van der Waals surface area contributed by atoms with Crippen molar-refractivity contribution in [2.45, 2.75) is 32.1 Å². The zero-order valence-corrected chi connectivity index (χ0v) is 10.5. The second-order valence-electron chi connectivity index (χ2n) is 6.07. The Bertz CT molecular complexity index is 506. The molecule has 2 saturated carbocycles. The molecule has 3 aliphatic rings. The molecule has 1 aromatic carbocycles. The van der Waals surface area contributed by atoms with Crippen molar-refractivity contribution in [3.63, 3.8) is 0 Å². The summed E-state index contributed by atoms with van der Waals surface area (Å²) < 4.78 is 5.50. The van der Waals surface area contributed by atoms with E-state index < -0.39 is 0 Å². The standard InChI is InChI=1S/C16H18O2/c17-16(14-8-10-1-2-11(14)7-10)13-3-4-15-12(9-13)5-6-18-15/h3-4,9-11,14H,1-2,5-8H2. The van der Waals surface area contributed by atoms with E-state index in [4.69, 9.17) is 4.74 Å². The molecule has 0 saturated heterocycles. The third-order valence-electron chi connectivity index (χ3n) is 5.05. The summed E-state index contributed by atoms with van der Waals surface area (Å²) in [4.78, 5) is 12.6. The van der Waals surface area contributed by atoms with Gasteiger partial charge in [0.1, 0.15) is 5.75 Å². The summed E-state index contributed by atoms with van der Waals surface area (Å²) in [6.07, 6.45) is 6.01. The molecule has 1 aliphatic heterocycles. The first-order valence-corrected chi connectivity index (χ1v) is 7.11. The monoisotopic (exact) mass is 242 g/mol. The zero-order chi connectivity index (χ0) is 12.1. The average Bonchev–Trinajstić information content (AvgIpc) is 3.12. The summed E-state index contributed by atoms with van der Waals surface area (Å²) in [5.74, 6) is 3.18. The van der Waals surface area contributed by atoms with E-state index in [1.165, 1.54) is 24.8 Å². The Morgan fingerprint density at radius 1 is 1.22 bits per heavy atom. The molecule has 0 spiro atoms. The van der Waals surface area contributed by atoms with Crippen LogP contribution in [-0.4, -0.2) is 12.4 Å². The van der Waals surface area contributed by atoms with Gasteiger partial charge in [0.15, 0.2) is 5.78 Å². The maximum Gasteiger partial charge on any atom is 0.166 e. The van der Waals surface area contributed by atoms with Gasteiger partial charge in [-0.1, -0.05) is 6.42 Å². The van der Waals surface area contributed by atoms with Crippen molar-refractivity contribution in [1.29, 1.82) is 0 Å². The van der Waals surface area contributed by atoms with E-state index in [1.807, 2.05) is 12.1 Å². The number of Topliss-reactive ketones (excluding diaryl/α,β-unsaturated/α-hetero) is 1. The fraction of sp³-hybridized carbons (Fsp3) is 0.562. The second kappa shape index (κ2) is 3.84. The molecule has 1 aromatic rings. The predicted molar refractivity (Wildman–Crippen MR) is 68.9 cm³/mol. The highest BCUT2D eigenvalue weighted by atomic mass is 16.5. The molecule has 0 amide bonds. The molecule has 2 aliphatic carbocycles. The summed E-state index contributed by atoms with van der Waals surface area (Å²) >= 11 is 0.